The zero-order chi connectivity index (χ0) is 25.7. The number of hydrogen-bond donors (Lipinski definition) is 0. The first kappa shape index (κ1) is 26.2. The van der Waals surface area contributed by atoms with E-state index in [0.717, 1.165) is 18.4 Å². The molecule has 3 aromatic rings. The third-order valence-electron chi connectivity index (χ3n) is 6.56. The fourth-order valence-electron chi connectivity index (χ4n) is 4.39. The minimum Gasteiger partial charge on any atom is -0.488 e. The molecule has 0 bridgehead atoms. The fourth-order valence-corrected chi connectivity index (χ4v) is 5.51. The van der Waals surface area contributed by atoms with Crippen molar-refractivity contribution in [2.75, 3.05) is 26.2 Å². The van der Waals surface area contributed by atoms with E-state index in [9.17, 15) is 14.0 Å². The van der Waals surface area contributed by atoms with Gasteiger partial charge in [-0.3, -0.25) is 9.59 Å². The van der Waals surface area contributed by atoms with Gasteiger partial charge in [-0.1, -0.05) is 50.1 Å². The minimum atomic E-state index is -0.441. The van der Waals surface area contributed by atoms with Crippen molar-refractivity contribution in [3.05, 3.63) is 86.8 Å². The van der Waals surface area contributed by atoms with E-state index in [0.29, 0.717) is 23.7 Å². The van der Waals surface area contributed by atoms with E-state index in [1.807, 2.05) is 11.4 Å². The highest BCUT2D eigenvalue weighted by Gasteiger charge is 2.34. The van der Waals surface area contributed by atoms with Crippen LogP contribution in [-0.4, -0.2) is 47.9 Å². The van der Waals surface area contributed by atoms with Crippen molar-refractivity contribution < 1.29 is 18.7 Å². The number of thiophene rings is 1. The molecule has 0 saturated heterocycles. The van der Waals surface area contributed by atoms with Crippen LogP contribution in [0, 0.1) is 11.7 Å². The number of nitrogens with zero attached hydrogens (tertiary/aromatic N) is 2. The lowest BCUT2D eigenvalue weighted by Crippen LogP contribution is -2.48. The molecular weight excluding hydrogens is 499 g/mol. The molecule has 0 spiro atoms. The molecule has 1 aliphatic heterocycles. The molecule has 0 radical (unpaired) electrons. The van der Waals surface area contributed by atoms with E-state index in [4.69, 9.17) is 16.3 Å². The first-order valence-corrected chi connectivity index (χ1v) is 13.4. The predicted molar refractivity (Wildman–Crippen MR) is 141 cm³/mol. The van der Waals surface area contributed by atoms with Gasteiger partial charge in [-0.15, -0.1) is 11.3 Å². The molecule has 0 N–H and O–H groups in total. The lowest BCUT2D eigenvalue weighted by atomic mass is 10.00. The van der Waals surface area contributed by atoms with Gasteiger partial charge < -0.3 is 14.5 Å². The smallest absolute Gasteiger partial charge is 0.254 e. The minimum absolute atomic E-state index is 0.0502. The summed E-state index contributed by atoms with van der Waals surface area (Å²) in [4.78, 5) is 31.6. The quantitative estimate of drug-likeness (QED) is 0.330. The number of carbonyl (C=O) groups is 2. The Bertz CT molecular complexity index is 1220. The van der Waals surface area contributed by atoms with Gasteiger partial charge in [0.05, 0.1) is 6.04 Å². The lowest BCUT2D eigenvalue weighted by molar-refractivity contribution is -0.135. The Morgan fingerprint density at radius 3 is 2.78 bits per heavy atom. The van der Waals surface area contributed by atoms with Crippen molar-refractivity contribution >= 4 is 34.8 Å². The van der Waals surface area contributed by atoms with Gasteiger partial charge in [0.1, 0.15) is 13.2 Å². The Balaban J connectivity index is 1.55. The number of ether oxygens (including phenoxy) is 1. The SMILES string of the molecule is CC[C@@H](C)CN(CC(=O)N1CCc2sccc2[C@H]1COc1ccccc1F)C(=O)c1cccc(Cl)c1. The Labute approximate surface area is 220 Å². The number of rotatable bonds is 9. The van der Waals surface area contributed by atoms with Crippen LogP contribution in [0.2, 0.25) is 5.02 Å². The first-order valence-electron chi connectivity index (χ1n) is 12.1. The van der Waals surface area contributed by atoms with E-state index in [1.165, 1.54) is 10.9 Å². The van der Waals surface area contributed by atoms with Gasteiger partial charge in [-0.25, -0.2) is 4.39 Å². The maximum atomic E-state index is 14.2. The highest BCUT2D eigenvalue weighted by Crippen LogP contribution is 2.34. The predicted octanol–water partition coefficient (Wildman–Crippen LogP) is 6.23. The number of amides is 2. The van der Waals surface area contributed by atoms with Crippen molar-refractivity contribution in [1.82, 2.24) is 9.80 Å². The molecule has 2 aromatic carbocycles. The third kappa shape index (κ3) is 6.08. The molecule has 0 aliphatic carbocycles. The number of hydrogen-bond acceptors (Lipinski definition) is 4. The van der Waals surface area contributed by atoms with Crippen LogP contribution in [0.25, 0.3) is 0 Å². The molecule has 5 nitrogen and oxygen atoms in total. The van der Waals surface area contributed by atoms with Crippen molar-refractivity contribution in [2.24, 2.45) is 5.92 Å². The number of para-hydroxylation sites is 1. The van der Waals surface area contributed by atoms with Crippen LogP contribution >= 0.6 is 22.9 Å². The van der Waals surface area contributed by atoms with Gasteiger partial charge in [-0.05, 0) is 59.7 Å². The van der Waals surface area contributed by atoms with Gasteiger partial charge in [0.25, 0.3) is 5.91 Å². The van der Waals surface area contributed by atoms with E-state index in [2.05, 4.69) is 13.8 Å². The average molecular weight is 529 g/mol. The largest absolute Gasteiger partial charge is 0.488 e. The van der Waals surface area contributed by atoms with Crippen LogP contribution in [0.3, 0.4) is 0 Å². The summed E-state index contributed by atoms with van der Waals surface area (Å²) in [6.45, 7) is 5.18. The molecular formula is C28H30ClFN2O3S. The van der Waals surface area contributed by atoms with Crippen LogP contribution < -0.4 is 4.74 Å². The average Bonchev–Trinajstić information content (AvgIpc) is 3.36. The molecule has 8 heteroatoms. The van der Waals surface area contributed by atoms with Crippen molar-refractivity contribution in [1.29, 1.82) is 0 Å². The van der Waals surface area contributed by atoms with Gasteiger partial charge in [-0.2, -0.15) is 0 Å². The Morgan fingerprint density at radius 1 is 1.22 bits per heavy atom. The van der Waals surface area contributed by atoms with Crippen molar-refractivity contribution in [3.63, 3.8) is 0 Å². The Kier molecular flexibility index (Phi) is 8.64. The van der Waals surface area contributed by atoms with Crippen molar-refractivity contribution in [3.8, 4) is 5.75 Å². The molecule has 0 fully saturated rings. The summed E-state index contributed by atoms with van der Waals surface area (Å²) in [5, 5.41) is 2.48. The maximum Gasteiger partial charge on any atom is 0.254 e. The molecule has 2 atom stereocenters. The Morgan fingerprint density at radius 2 is 2.03 bits per heavy atom. The molecule has 36 heavy (non-hydrogen) atoms. The van der Waals surface area contributed by atoms with E-state index >= 15 is 0 Å². The topological polar surface area (TPSA) is 49.9 Å². The van der Waals surface area contributed by atoms with Gasteiger partial charge in [0, 0.05) is 28.6 Å². The molecule has 4 rings (SSSR count). The number of benzene rings is 2. The highest BCUT2D eigenvalue weighted by atomic mass is 35.5. The summed E-state index contributed by atoms with van der Waals surface area (Å²) in [7, 11) is 0. The number of fused-ring (bicyclic) bond motifs is 1. The summed E-state index contributed by atoms with van der Waals surface area (Å²) >= 11 is 7.77. The second-order valence-corrected chi connectivity index (χ2v) is 10.5. The van der Waals surface area contributed by atoms with Crippen LogP contribution in [0.15, 0.2) is 60.0 Å². The second kappa shape index (κ2) is 11.9. The summed E-state index contributed by atoms with van der Waals surface area (Å²) in [6, 6.07) is 14.7. The summed E-state index contributed by atoms with van der Waals surface area (Å²) in [5.41, 5.74) is 1.47. The number of halogens is 2. The summed E-state index contributed by atoms with van der Waals surface area (Å²) in [5.74, 6) is -0.442. The van der Waals surface area contributed by atoms with Crippen LogP contribution in [0.1, 0.15) is 47.1 Å². The normalized spacial score (nSPS) is 15.8. The van der Waals surface area contributed by atoms with E-state index in [1.54, 1.807) is 63.6 Å². The van der Waals surface area contributed by atoms with Crippen LogP contribution in [0.4, 0.5) is 4.39 Å². The first-order chi connectivity index (χ1) is 17.4. The van der Waals surface area contributed by atoms with E-state index in [-0.39, 0.29) is 42.7 Å². The maximum absolute atomic E-state index is 14.2. The highest BCUT2D eigenvalue weighted by molar-refractivity contribution is 7.10. The zero-order valence-electron chi connectivity index (χ0n) is 20.5. The fraction of sp³-hybridized carbons (Fsp3) is 0.357. The second-order valence-electron chi connectivity index (χ2n) is 9.10. The third-order valence-corrected chi connectivity index (χ3v) is 7.79. The van der Waals surface area contributed by atoms with E-state index < -0.39 is 5.82 Å². The zero-order valence-corrected chi connectivity index (χ0v) is 22.0. The molecule has 190 valence electrons. The Hall–Kier alpha value is -2.90. The van der Waals surface area contributed by atoms with Crippen LogP contribution in [-0.2, 0) is 11.2 Å². The van der Waals surface area contributed by atoms with Crippen molar-refractivity contribution in [2.45, 2.75) is 32.7 Å². The summed E-state index contributed by atoms with van der Waals surface area (Å²) < 4.78 is 20.0. The molecule has 2 amide bonds. The van der Waals surface area contributed by atoms with Crippen LogP contribution in [0.5, 0.6) is 5.75 Å². The summed E-state index contributed by atoms with van der Waals surface area (Å²) in [6.07, 6.45) is 1.62. The molecule has 0 saturated carbocycles. The van der Waals surface area contributed by atoms with Gasteiger partial charge >= 0.3 is 0 Å². The standard InChI is InChI=1S/C28H30ClFN2O3S/c1-3-19(2)16-31(28(34)20-7-6-8-21(29)15-20)17-27(33)32-13-11-26-22(12-14-36-26)24(32)18-35-25-10-5-4-9-23(25)30/h4-10,12,14-15,19,24H,3,11,13,16-18H2,1-2H3/t19-,24-/m1/s1. The molecule has 2 heterocycles. The van der Waals surface area contributed by atoms with Gasteiger partial charge in [0.15, 0.2) is 11.6 Å². The lowest BCUT2D eigenvalue weighted by Gasteiger charge is -2.37. The molecule has 1 aliphatic rings. The molecule has 0 unspecified atom stereocenters. The number of carbonyl (C=O) groups excluding carboxylic acids is 2. The monoisotopic (exact) mass is 528 g/mol. The van der Waals surface area contributed by atoms with Gasteiger partial charge in [0.2, 0.25) is 5.91 Å². The molecule has 1 aromatic heterocycles.